The van der Waals surface area contributed by atoms with Crippen LogP contribution in [0.25, 0.3) is 0 Å². The molecule has 1 saturated heterocycles. The predicted octanol–water partition coefficient (Wildman–Crippen LogP) is 1.69. The minimum absolute atomic E-state index is 0.150. The summed E-state index contributed by atoms with van der Waals surface area (Å²) in [6.07, 6.45) is 2.94. The van der Waals surface area contributed by atoms with E-state index in [9.17, 15) is 20.1 Å². The molecule has 116 valence electrons. The van der Waals surface area contributed by atoms with Crippen molar-refractivity contribution in [2.24, 2.45) is 5.92 Å². The zero-order chi connectivity index (χ0) is 15.4. The Kier molecular flexibility index (Phi) is 4.90. The Morgan fingerprint density at radius 1 is 1.24 bits per heavy atom. The van der Waals surface area contributed by atoms with Crippen LogP contribution in [0.1, 0.15) is 29.6 Å². The summed E-state index contributed by atoms with van der Waals surface area (Å²) in [6.45, 7) is 2.16. The van der Waals surface area contributed by atoms with Crippen molar-refractivity contribution in [3.8, 4) is 17.2 Å². The van der Waals surface area contributed by atoms with Gasteiger partial charge in [0, 0.05) is 32.4 Å². The minimum atomic E-state index is -0.614. The standard InChI is InChI=1S/C15H21NO5/c1-16(5-2-10-3-6-21-7-4-10)15(20)11-8-12(17)14(19)13(18)9-11/h8-10,17-19H,2-7H2,1H3. The number of nitrogens with zero attached hydrogens (tertiary/aromatic N) is 1. The maximum absolute atomic E-state index is 12.2. The molecule has 0 atom stereocenters. The van der Waals surface area contributed by atoms with Gasteiger partial charge in [-0.1, -0.05) is 0 Å². The zero-order valence-electron chi connectivity index (χ0n) is 12.1. The van der Waals surface area contributed by atoms with E-state index in [1.807, 2.05) is 0 Å². The SMILES string of the molecule is CN(CCC1CCOCC1)C(=O)c1cc(O)c(O)c(O)c1. The molecule has 0 unspecified atom stereocenters. The first-order chi connectivity index (χ1) is 9.99. The highest BCUT2D eigenvalue weighted by Crippen LogP contribution is 2.35. The molecule has 6 nitrogen and oxygen atoms in total. The van der Waals surface area contributed by atoms with Gasteiger partial charge in [-0.15, -0.1) is 0 Å². The Labute approximate surface area is 123 Å². The molecule has 1 aliphatic rings. The number of hydrogen-bond acceptors (Lipinski definition) is 5. The van der Waals surface area contributed by atoms with Crippen molar-refractivity contribution in [1.82, 2.24) is 4.90 Å². The average Bonchev–Trinajstić information content (AvgIpc) is 2.50. The van der Waals surface area contributed by atoms with Crippen LogP contribution in [0, 0.1) is 5.92 Å². The molecule has 1 aromatic rings. The van der Waals surface area contributed by atoms with Crippen LogP contribution in [0.5, 0.6) is 17.2 Å². The molecular weight excluding hydrogens is 274 g/mol. The topological polar surface area (TPSA) is 90.2 Å². The Bertz CT molecular complexity index is 488. The third-order valence-electron chi connectivity index (χ3n) is 3.88. The monoisotopic (exact) mass is 295 g/mol. The van der Waals surface area contributed by atoms with Gasteiger partial charge in [0.05, 0.1) is 0 Å². The Morgan fingerprint density at radius 3 is 2.38 bits per heavy atom. The van der Waals surface area contributed by atoms with E-state index in [2.05, 4.69) is 0 Å². The number of carbonyl (C=O) groups excluding carboxylic acids is 1. The van der Waals surface area contributed by atoms with Crippen molar-refractivity contribution in [3.63, 3.8) is 0 Å². The van der Waals surface area contributed by atoms with Gasteiger partial charge in [-0.25, -0.2) is 0 Å². The second-order valence-electron chi connectivity index (χ2n) is 5.43. The summed E-state index contributed by atoms with van der Waals surface area (Å²) in [5, 5.41) is 28.2. The van der Waals surface area contributed by atoms with E-state index < -0.39 is 17.2 Å². The summed E-state index contributed by atoms with van der Waals surface area (Å²) in [6, 6.07) is 2.31. The summed E-state index contributed by atoms with van der Waals surface area (Å²) in [4.78, 5) is 13.8. The van der Waals surface area contributed by atoms with Gasteiger partial charge < -0.3 is 25.0 Å². The molecule has 0 radical (unpaired) electrons. The highest BCUT2D eigenvalue weighted by Gasteiger charge is 2.19. The number of carbonyl (C=O) groups is 1. The molecule has 0 bridgehead atoms. The lowest BCUT2D eigenvalue weighted by Crippen LogP contribution is -2.30. The molecule has 1 aromatic carbocycles. The highest BCUT2D eigenvalue weighted by atomic mass is 16.5. The fourth-order valence-corrected chi connectivity index (χ4v) is 2.46. The zero-order valence-corrected chi connectivity index (χ0v) is 12.1. The number of amides is 1. The normalized spacial score (nSPS) is 15.9. The summed E-state index contributed by atoms with van der Waals surface area (Å²) in [7, 11) is 1.68. The Hall–Kier alpha value is -1.95. The van der Waals surface area contributed by atoms with E-state index in [-0.39, 0.29) is 11.5 Å². The lowest BCUT2D eigenvalue weighted by molar-refractivity contribution is 0.0583. The van der Waals surface area contributed by atoms with Crippen LogP contribution in [0.15, 0.2) is 12.1 Å². The molecule has 6 heteroatoms. The fraction of sp³-hybridized carbons (Fsp3) is 0.533. The molecule has 1 aliphatic heterocycles. The molecule has 0 spiro atoms. The maximum Gasteiger partial charge on any atom is 0.253 e. The molecule has 21 heavy (non-hydrogen) atoms. The molecule has 2 rings (SSSR count). The molecule has 3 N–H and O–H groups in total. The summed E-state index contributed by atoms with van der Waals surface area (Å²) in [5.41, 5.74) is 0.150. The highest BCUT2D eigenvalue weighted by molar-refractivity contribution is 5.95. The van der Waals surface area contributed by atoms with Crippen LogP contribution in [-0.2, 0) is 4.74 Å². The van der Waals surface area contributed by atoms with Crippen LogP contribution >= 0.6 is 0 Å². The molecule has 0 saturated carbocycles. The second-order valence-corrected chi connectivity index (χ2v) is 5.43. The van der Waals surface area contributed by atoms with Crippen molar-refractivity contribution in [1.29, 1.82) is 0 Å². The number of phenolic OH excluding ortho intramolecular Hbond substituents is 3. The summed E-state index contributed by atoms with van der Waals surface area (Å²) >= 11 is 0. The van der Waals surface area contributed by atoms with Gasteiger partial charge in [-0.3, -0.25) is 4.79 Å². The van der Waals surface area contributed by atoms with Crippen molar-refractivity contribution in [3.05, 3.63) is 17.7 Å². The van der Waals surface area contributed by atoms with Gasteiger partial charge in [0.25, 0.3) is 5.91 Å². The second kappa shape index (κ2) is 6.67. The Balaban J connectivity index is 1.95. The van der Waals surface area contributed by atoms with Crippen LogP contribution in [0.2, 0.25) is 0 Å². The van der Waals surface area contributed by atoms with Gasteiger partial charge in [0.2, 0.25) is 0 Å². The van der Waals surface area contributed by atoms with Gasteiger partial charge in [0.15, 0.2) is 17.2 Å². The van der Waals surface area contributed by atoms with E-state index in [0.717, 1.165) is 44.6 Å². The fourth-order valence-electron chi connectivity index (χ4n) is 2.46. The van der Waals surface area contributed by atoms with E-state index in [1.165, 1.54) is 0 Å². The molecule has 0 aromatic heterocycles. The van der Waals surface area contributed by atoms with Crippen molar-refractivity contribution >= 4 is 5.91 Å². The predicted molar refractivity (Wildman–Crippen MR) is 76.6 cm³/mol. The van der Waals surface area contributed by atoms with E-state index >= 15 is 0 Å². The summed E-state index contributed by atoms with van der Waals surface area (Å²) in [5.74, 6) is -1.35. The largest absolute Gasteiger partial charge is 0.504 e. The van der Waals surface area contributed by atoms with Crippen LogP contribution in [-0.4, -0.2) is 52.9 Å². The molecule has 1 heterocycles. The van der Waals surface area contributed by atoms with Crippen LogP contribution in [0.4, 0.5) is 0 Å². The quantitative estimate of drug-likeness (QED) is 0.735. The van der Waals surface area contributed by atoms with E-state index in [4.69, 9.17) is 4.74 Å². The number of benzene rings is 1. The molecule has 1 fully saturated rings. The average molecular weight is 295 g/mol. The summed E-state index contributed by atoms with van der Waals surface area (Å²) < 4.78 is 5.30. The number of ether oxygens (including phenoxy) is 1. The Morgan fingerprint density at radius 2 is 1.81 bits per heavy atom. The number of rotatable bonds is 4. The van der Waals surface area contributed by atoms with Crippen LogP contribution < -0.4 is 0 Å². The van der Waals surface area contributed by atoms with Crippen molar-refractivity contribution in [2.75, 3.05) is 26.8 Å². The molecular formula is C15H21NO5. The van der Waals surface area contributed by atoms with Gasteiger partial charge in [-0.2, -0.15) is 0 Å². The molecule has 0 aliphatic carbocycles. The number of aromatic hydroxyl groups is 3. The first-order valence-electron chi connectivity index (χ1n) is 7.07. The lowest BCUT2D eigenvalue weighted by Gasteiger charge is -2.25. The minimum Gasteiger partial charge on any atom is -0.504 e. The first kappa shape index (κ1) is 15.4. The first-order valence-corrected chi connectivity index (χ1v) is 7.07. The third kappa shape index (κ3) is 3.78. The lowest BCUT2D eigenvalue weighted by atomic mass is 9.96. The number of phenols is 3. The number of hydrogen-bond donors (Lipinski definition) is 3. The van der Waals surface area contributed by atoms with Gasteiger partial charge >= 0.3 is 0 Å². The van der Waals surface area contributed by atoms with Gasteiger partial charge in [-0.05, 0) is 37.3 Å². The van der Waals surface area contributed by atoms with E-state index in [0.29, 0.717) is 12.5 Å². The maximum atomic E-state index is 12.2. The smallest absolute Gasteiger partial charge is 0.253 e. The van der Waals surface area contributed by atoms with Crippen LogP contribution in [0.3, 0.4) is 0 Å². The van der Waals surface area contributed by atoms with Crippen molar-refractivity contribution < 1.29 is 24.9 Å². The van der Waals surface area contributed by atoms with E-state index in [1.54, 1.807) is 11.9 Å². The van der Waals surface area contributed by atoms with Crippen molar-refractivity contribution in [2.45, 2.75) is 19.3 Å². The third-order valence-corrected chi connectivity index (χ3v) is 3.88. The molecule has 1 amide bonds. The van der Waals surface area contributed by atoms with Gasteiger partial charge in [0.1, 0.15) is 0 Å².